The zero-order valence-electron chi connectivity index (χ0n) is 14.1. The number of hydrogen-bond donors (Lipinski definition) is 1. The van der Waals surface area contributed by atoms with Crippen LogP contribution in [0.1, 0.15) is 35.6 Å². The van der Waals surface area contributed by atoms with Gasteiger partial charge in [0.2, 0.25) is 0 Å². The molecule has 0 amide bonds. The van der Waals surface area contributed by atoms with Crippen LogP contribution in [0.3, 0.4) is 0 Å². The van der Waals surface area contributed by atoms with Crippen molar-refractivity contribution in [3.8, 4) is 11.5 Å². The summed E-state index contributed by atoms with van der Waals surface area (Å²) >= 11 is 3.50. The van der Waals surface area contributed by atoms with Crippen LogP contribution in [0.25, 0.3) is 0 Å². The van der Waals surface area contributed by atoms with E-state index in [1.807, 2.05) is 26.0 Å². The molecule has 0 spiro atoms. The maximum absolute atomic E-state index is 11.6. The zero-order chi connectivity index (χ0) is 17.7. The molecule has 0 aliphatic rings. The molecule has 0 aromatic heterocycles. The molecule has 0 atom stereocenters. The van der Waals surface area contributed by atoms with Gasteiger partial charge in [-0.3, -0.25) is 4.79 Å². The lowest BCUT2D eigenvalue weighted by Crippen LogP contribution is -2.10. The van der Waals surface area contributed by atoms with E-state index in [9.17, 15) is 9.90 Å². The summed E-state index contributed by atoms with van der Waals surface area (Å²) in [5, 5.41) is 9.56. The van der Waals surface area contributed by atoms with Crippen LogP contribution >= 0.6 is 15.9 Å². The van der Waals surface area contributed by atoms with Crippen LogP contribution in [0, 0.1) is 13.8 Å². The molecular formula is C19H21BrO4. The predicted octanol–water partition coefficient (Wildman–Crippen LogP) is 4.45. The van der Waals surface area contributed by atoms with E-state index in [0.29, 0.717) is 22.6 Å². The second-order valence-corrected chi connectivity index (χ2v) is 6.39. The Balaban J connectivity index is 2.28. The van der Waals surface area contributed by atoms with Crippen molar-refractivity contribution in [1.82, 2.24) is 0 Å². The van der Waals surface area contributed by atoms with Gasteiger partial charge in [0.25, 0.3) is 0 Å². The second-order valence-electron chi connectivity index (χ2n) is 5.54. The molecule has 0 aliphatic carbocycles. The summed E-state index contributed by atoms with van der Waals surface area (Å²) in [5.74, 6) is 0.811. The van der Waals surface area contributed by atoms with Crippen molar-refractivity contribution in [2.24, 2.45) is 0 Å². The highest BCUT2D eigenvalue weighted by Gasteiger charge is 2.14. The summed E-state index contributed by atoms with van der Waals surface area (Å²) in [4.78, 5) is 11.6. The summed E-state index contributed by atoms with van der Waals surface area (Å²) in [7, 11) is 0. The third kappa shape index (κ3) is 4.36. The van der Waals surface area contributed by atoms with Crippen molar-refractivity contribution in [3.05, 3.63) is 57.1 Å². The summed E-state index contributed by atoms with van der Waals surface area (Å²) in [6.07, 6.45) is 0.284. The number of aryl methyl sites for hydroxylation is 2. The monoisotopic (exact) mass is 392 g/mol. The molecule has 0 saturated carbocycles. The van der Waals surface area contributed by atoms with Gasteiger partial charge >= 0.3 is 5.97 Å². The van der Waals surface area contributed by atoms with Crippen LogP contribution in [0.2, 0.25) is 0 Å². The van der Waals surface area contributed by atoms with Gasteiger partial charge in [-0.05, 0) is 64.7 Å². The highest BCUT2D eigenvalue weighted by atomic mass is 79.9. The molecule has 0 unspecified atom stereocenters. The van der Waals surface area contributed by atoms with Gasteiger partial charge in [-0.15, -0.1) is 0 Å². The topological polar surface area (TPSA) is 55.8 Å². The number of carbonyl (C=O) groups excluding carboxylic acids is 1. The maximum atomic E-state index is 11.6. The van der Waals surface area contributed by atoms with Gasteiger partial charge in [-0.1, -0.05) is 19.1 Å². The van der Waals surface area contributed by atoms with E-state index in [1.54, 1.807) is 25.1 Å². The van der Waals surface area contributed by atoms with E-state index in [2.05, 4.69) is 15.9 Å². The van der Waals surface area contributed by atoms with Crippen molar-refractivity contribution < 1.29 is 19.4 Å². The summed E-state index contributed by atoms with van der Waals surface area (Å²) < 4.78 is 12.1. The molecule has 0 aliphatic heterocycles. The van der Waals surface area contributed by atoms with E-state index in [0.717, 1.165) is 10.0 Å². The average molecular weight is 393 g/mol. The molecule has 128 valence electrons. The fourth-order valence-corrected chi connectivity index (χ4v) is 2.80. The van der Waals surface area contributed by atoms with Crippen LogP contribution in [-0.2, 0) is 18.0 Å². The van der Waals surface area contributed by atoms with Crippen LogP contribution in [0.4, 0.5) is 0 Å². The van der Waals surface area contributed by atoms with Gasteiger partial charge in [0.15, 0.2) is 0 Å². The number of carbonyl (C=O) groups is 1. The highest BCUT2D eigenvalue weighted by Crippen LogP contribution is 2.31. The van der Waals surface area contributed by atoms with Crippen LogP contribution < -0.4 is 9.47 Å². The SMILES string of the molecule is CCC(=O)Oc1cccc(CO)c1COc1cc(C)c(C)cc1Br. The first-order chi connectivity index (χ1) is 11.5. The molecule has 1 N–H and O–H groups in total. The van der Waals surface area contributed by atoms with Crippen molar-refractivity contribution in [3.63, 3.8) is 0 Å². The van der Waals surface area contributed by atoms with E-state index in [1.165, 1.54) is 5.56 Å². The molecule has 4 nitrogen and oxygen atoms in total. The lowest BCUT2D eigenvalue weighted by atomic mass is 10.1. The predicted molar refractivity (Wildman–Crippen MR) is 96.2 cm³/mol. The van der Waals surface area contributed by atoms with Gasteiger partial charge in [-0.25, -0.2) is 0 Å². The van der Waals surface area contributed by atoms with Crippen molar-refractivity contribution >= 4 is 21.9 Å². The van der Waals surface area contributed by atoms with Gasteiger partial charge in [-0.2, -0.15) is 0 Å². The molecule has 24 heavy (non-hydrogen) atoms. The quantitative estimate of drug-likeness (QED) is 0.582. The first kappa shape index (κ1) is 18.5. The Labute approximate surface area is 150 Å². The minimum atomic E-state index is -0.321. The first-order valence-corrected chi connectivity index (χ1v) is 8.57. The summed E-state index contributed by atoms with van der Waals surface area (Å²) in [6.45, 7) is 5.84. The Kier molecular flexibility index (Phi) is 6.40. The Bertz CT molecular complexity index is 740. The highest BCUT2D eigenvalue weighted by molar-refractivity contribution is 9.10. The fraction of sp³-hybridized carbons (Fsp3) is 0.316. The molecule has 0 heterocycles. The van der Waals surface area contributed by atoms with Crippen LogP contribution in [0.15, 0.2) is 34.8 Å². The third-order valence-corrected chi connectivity index (χ3v) is 4.45. The van der Waals surface area contributed by atoms with Crippen LogP contribution in [-0.4, -0.2) is 11.1 Å². The van der Waals surface area contributed by atoms with Crippen molar-refractivity contribution in [2.75, 3.05) is 0 Å². The van der Waals surface area contributed by atoms with Crippen molar-refractivity contribution in [2.45, 2.75) is 40.4 Å². The Morgan fingerprint density at radius 1 is 1.17 bits per heavy atom. The molecule has 0 radical (unpaired) electrons. The van der Waals surface area contributed by atoms with E-state index < -0.39 is 0 Å². The van der Waals surface area contributed by atoms with E-state index >= 15 is 0 Å². The number of rotatable bonds is 6. The first-order valence-electron chi connectivity index (χ1n) is 7.78. The van der Waals surface area contributed by atoms with Crippen molar-refractivity contribution in [1.29, 1.82) is 0 Å². The maximum Gasteiger partial charge on any atom is 0.310 e. The average Bonchev–Trinajstić information content (AvgIpc) is 2.57. The third-order valence-electron chi connectivity index (χ3n) is 3.83. The lowest BCUT2D eigenvalue weighted by Gasteiger charge is -2.16. The van der Waals surface area contributed by atoms with Gasteiger partial charge in [0, 0.05) is 12.0 Å². The molecule has 5 heteroatoms. The standard InChI is InChI=1S/C19H21BrO4/c1-4-19(22)24-17-7-5-6-14(10-21)15(17)11-23-18-9-13(3)12(2)8-16(18)20/h5-9,21H,4,10-11H2,1-3H3. The van der Waals surface area contributed by atoms with E-state index in [4.69, 9.17) is 9.47 Å². The normalized spacial score (nSPS) is 10.5. The minimum absolute atomic E-state index is 0.149. The summed E-state index contributed by atoms with van der Waals surface area (Å²) in [5.41, 5.74) is 3.65. The Morgan fingerprint density at radius 2 is 1.88 bits per heavy atom. The number of halogens is 1. The lowest BCUT2D eigenvalue weighted by molar-refractivity contribution is -0.134. The number of benzene rings is 2. The molecule has 2 rings (SSSR count). The number of esters is 1. The smallest absolute Gasteiger partial charge is 0.310 e. The number of hydrogen-bond acceptors (Lipinski definition) is 4. The molecule has 2 aromatic carbocycles. The van der Waals surface area contributed by atoms with Crippen LogP contribution in [0.5, 0.6) is 11.5 Å². The van der Waals surface area contributed by atoms with Gasteiger partial charge < -0.3 is 14.6 Å². The second kappa shape index (κ2) is 8.31. The van der Waals surface area contributed by atoms with E-state index in [-0.39, 0.29) is 25.6 Å². The molecule has 0 fully saturated rings. The zero-order valence-corrected chi connectivity index (χ0v) is 15.6. The molecule has 2 aromatic rings. The van der Waals surface area contributed by atoms with Gasteiger partial charge in [0.1, 0.15) is 18.1 Å². The molecular weight excluding hydrogens is 372 g/mol. The number of aliphatic hydroxyl groups is 1. The number of ether oxygens (including phenoxy) is 2. The van der Waals surface area contributed by atoms with Gasteiger partial charge in [0.05, 0.1) is 11.1 Å². The molecule has 0 saturated heterocycles. The minimum Gasteiger partial charge on any atom is -0.488 e. The largest absolute Gasteiger partial charge is 0.488 e. The summed E-state index contributed by atoms with van der Waals surface area (Å²) in [6, 6.07) is 9.21. The molecule has 0 bridgehead atoms. The Hall–Kier alpha value is -1.85. The Morgan fingerprint density at radius 3 is 2.54 bits per heavy atom. The fourth-order valence-electron chi connectivity index (χ4n) is 2.23. The number of aliphatic hydroxyl groups excluding tert-OH is 1.